The molecule has 0 fully saturated rings. The van der Waals surface area contributed by atoms with Crippen molar-refractivity contribution in [3.05, 3.63) is 63.5 Å². The lowest BCUT2D eigenvalue weighted by molar-refractivity contribution is 0.0910. The lowest BCUT2D eigenvalue weighted by Gasteiger charge is -2.33. The zero-order chi connectivity index (χ0) is 20.2. The molecule has 0 atom stereocenters. The largest absolute Gasteiger partial charge is 0.376 e. The summed E-state index contributed by atoms with van der Waals surface area (Å²) in [5.41, 5.74) is 4.73. The molecule has 0 spiro atoms. The molecule has 0 aromatic heterocycles. The molecule has 2 N–H and O–H groups in total. The second-order valence-corrected chi connectivity index (χ2v) is 8.05. The van der Waals surface area contributed by atoms with Crippen LogP contribution in [0.15, 0.2) is 47.3 Å². The lowest BCUT2D eigenvalue weighted by atomic mass is 9.72. The van der Waals surface area contributed by atoms with E-state index in [1.165, 1.54) is 17.2 Å². The number of rotatable bonds is 5. The second-order valence-electron chi connectivity index (χ2n) is 7.64. The van der Waals surface area contributed by atoms with Gasteiger partial charge in [-0.2, -0.15) is 0 Å². The van der Waals surface area contributed by atoms with E-state index in [0.29, 0.717) is 33.6 Å². The van der Waals surface area contributed by atoms with Gasteiger partial charge in [0.1, 0.15) is 6.73 Å². The average molecular weight is 392 g/mol. The number of hydrogen-bond donors (Lipinski definition) is 2. The number of hydrogen-bond acceptors (Lipinski definition) is 2. The topological polar surface area (TPSA) is 49.3 Å². The first-order valence-electron chi connectivity index (χ1n) is 9.09. The molecule has 0 aliphatic heterocycles. The van der Waals surface area contributed by atoms with Gasteiger partial charge in [0.25, 0.3) is 5.91 Å². The normalized spacial score (nSPS) is 17.9. The van der Waals surface area contributed by atoms with Crippen LogP contribution >= 0.6 is 11.6 Å². The summed E-state index contributed by atoms with van der Waals surface area (Å²) < 4.78 is 13.5. The van der Waals surface area contributed by atoms with Gasteiger partial charge in [-0.05, 0) is 67.4 Å². The van der Waals surface area contributed by atoms with Crippen LogP contribution in [0, 0.1) is 5.41 Å². The molecule has 1 aromatic rings. The van der Waals surface area contributed by atoms with Crippen LogP contribution in [0.2, 0.25) is 5.02 Å². The van der Waals surface area contributed by atoms with E-state index in [1.807, 2.05) is 6.08 Å². The summed E-state index contributed by atoms with van der Waals surface area (Å²) in [6, 6.07) is 4.88. The molecule has 1 amide bonds. The van der Waals surface area contributed by atoms with Crippen LogP contribution < -0.4 is 5.32 Å². The molecule has 3 nitrogen and oxygen atoms in total. The summed E-state index contributed by atoms with van der Waals surface area (Å²) in [5.74, 6) is -0.416. The van der Waals surface area contributed by atoms with Gasteiger partial charge in [-0.3, -0.25) is 4.79 Å². The molecule has 0 saturated heterocycles. The fourth-order valence-corrected chi connectivity index (χ4v) is 3.90. The molecule has 0 saturated carbocycles. The summed E-state index contributed by atoms with van der Waals surface area (Å²) in [5, 5.41) is 11.5. The Bertz CT molecular complexity index is 822. The second kappa shape index (κ2) is 8.85. The minimum Gasteiger partial charge on any atom is -0.376 e. The third-order valence-electron chi connectivity index (χ3n) is 5.18. The first-order chi connectivity index (χ1) is 12.7. The Labute approximate surface area is 165 Å². The number of allylic oxidation sites excluding steroid dienone is 5. The number of benzene rings is 1. The van der Waals surface area contributed by atoms with Crippen molar-refractivity contribution in [2.24, 2.45) is 5.41 Å². The summed E-state index contributed by atoms with van der Waals surface area (Å²) in [4.78, 5) is 11.9. The highest BCUT2D eigenvalue weighted by molar-refractivity contribution is 6.33. The Morgan fingerprint density at radius 1 is 1.41 bits per heavy atom. The molecule has 27 heavy (non-hydrogen) atoms. The van der Waals surface area contributed by atoms with Gasteiger partial charge in [0, 0.05) is 16.1 Å². The van der Waals surface area contributed by atoms with Gasteiger partial charge in [-0.1, -0.05) is 43.2 Å². The smallest absolute Gasteiger partial charge is 0.253 e. The Kier molecular flexibility index (Phi) is 7.01. The monoisotopic (exact) mass is 391 g/mol. The van der Waals surface area contributed by atoms with Crippen molar-refractivity contribution in [3.8, 4) is 0 Å². The van der Waals surface area contributed by atoms with Crippen molar-refractivity contribution in [3.63, 3.8) is 0 Å². The summed E-state index contributed by atoms with van der Waals surface area (Å²) in [6.07, 6.45) is 5.89. The molecule has 1 aromatic carbocycles. The van der Waals surface area contributed by atoms with Gasteiger partial charge in [0.15, 0.2) is 0 Å². The third kappa shape index (κ3) is 4.88. The van der Waals surface area contributed by atoms with Crippen molar-refractivity contribution in [2.45, 2.75) is 47.0 Å². The Balaban J connectivity index is 2.57. The third-order valence-corrected chi connectivity index (χ3v) is 5.49. The quantitative estimate of drug-likeness (QED) is 0.492. The highest BCUT2D eigenvalue weighted by Crippen LogP contribution is 2.43. The van der Waals surface area contributed by atoms with Crippen LogP contribution in [0.4, 0.5) is 4.39 Å². The number of amides is 1. The van der Waals surface area contributed by atoms with Crippen molar-refractivity contribution >= 4 is 23.1 Å². The molecule has 0 bridgehead atoms. The number of aliphatic hydroxyl groups excluding tert-OH is 1. The Hall–Kier alpha value is -1.91. The van der Waals surface area contributed by atoms with Crippen LogP contribution in [0.25, 0.3) is 5.57 Å². The first kappa shape index (κ1) is 21.4. The SMILES string of the molecule is CC(=CF)C(=CC1=C(C)CCCC1(C)C)c1ccc(C(=O)NCO)cc1Cl. The first-order valence-corrected chi connectivity index (χ1v) is 9.47. The van der Waals surface area contributed by atoms with Crippen molar-refractivity contribution in [1.29, 1.82) is 0 Å². The molecule has 0 radical (unpaired) electrons. The molecule has 146 valence electrons. The van der Waals surface area contributed by atoms with Crippen molar-refractivity contribution in [1.82, 2.24) is 5.32 Å². The molecule has 0 unspecified atom stereocenters. The molecule has 2 rings (SSSR count). The Morgan fingerprint density at radius 2 is 2.11 bits per heavy atom. The number of carbonyl (C=O) groups is 1. The van der Waals surface area contributed by atoms with Crippen LogP contribution in [0.1, 0.15) is 62.9 Å². The van der Waals surface area contributed by atoms with E-state index in [9.17, 15) is 9.18 Å². The maximum absolute atomic E-state index is 13.5. The van der Waals surface area contributed by atoms with Crippen molar-refractivity contribution in [2.75, 3.05) is 6.73 Å². The fourth-order valence-electron chi connectivity index (χ4n) is 3.62. The van der Waals surface area contributed by atoms with Gasteiger partial charge < -0.3 is 10.4 Å². The maximum atomic E-state index is 13.5. The van der Waals surface area contributed by atoms with Crippen LogP contribution in [0.3, 0.4) is 0 Å². The van der Waals surface area contributed by atoms with E-state index in [1.54, 1.807) is 19.1 Å². The lowest BCUT2D eigenvalue weighted by Crippen LogP contribution is -2.24. The Morgan fingerprint density at radius 3 is 2.67 bits per heavy atom. The van der Waals surface area contributed by atoms with E-state index < -0.39 is 12.6 Å². The van der Waals surface area contributed by atoms with Crippen LogP contribution in [-0.4, -0.2) is 17.7 Å². The molecule has 1 aliphatic rings. The van der Waals surface area contributed by atoms with E-state index in [4.69, 9.17) is 16.7 Å². The fraction of sp³-hybridized carbons (Fsp3) is 0.409. The van der Waals surface area contributed by atoms with E-state index in [0.717, 1.165) is 19.3 Å². The average Bonchev–Trinajstić information content (AvgIpc) is 2.61. The zero-order valence-corrected chi connectivity index (χ0v) is 17.1. The number of aliphatic hydroxyl groups is 1. The molecule has 0 heterocycles. The van der Waals surface area contributed by atoms with Gasteiger partial charge in [0.2, 0.25) is 0 Å². The summed E-state index contributed by atoms with van der Waals surface area (Å²) in [6.45, 7) is 7.80. The minimum atomic E-state index is -0.449. The van der Waals surface area contributed by atoms with Gasteiger partial charge in [0.05, 0.1) is 6.33 Å². The van der Waals surface area contributed by atoms with E-state index in [2.05, 4.69) is 26.1 Å². The van der Waals surface area contributed by atoms with Gasteiger partial charge in [-0.15, -0.1) is 0 Å². The molecular formula is C22H27ClFNO2. The summed E-state index contributed by atoms with van der Waals surface area (Å²) >= 11 is 6.45. The zero-order valence-electron chi connectivity index (χ0n) is 16.3. The molecular weight excluding hydrogens is 365 g/mol. The highest BCUT2D eigenvalue weighted by Gasteiger charge is 2.28. The molecule has 5 heteroatoms. The predicted molar refractivity (Wildman–Crippen MR) is 109 cm³/mol. The standard InChI is InChI=1S/C22H27ClFNO2/c1-14-6-5-9-22(3,4)19(14)11-18(15(2)12-24)17-8-7-16(10-20(17)23)21(27)25-13-26/h7-8,10-12,26H,5-6,9,13H2,1-4H3,(H,25,27). The highest BCUT2D eigenvalue weighted by atomic mass is 35.5. The minimum absolute atomic E-state index is 0.0115. The number of nitrogens with one attached hydrogen (secondary N) is 1. The number of carbonyl (C=O) groups excluding carboxylic acids is 1. The van der Waals surface area contributed by atoms with E-state index in [-0.39, 0.29) is 5.41 Å². The van der Waals surface area contributed by atoms with Gasteiger partial charge >= 0.3 is 0 Å². The van der Waals surface area contributed by atoms with Crippen LogP contribution in [0.5, 0.6) is 0 Å². The van der Waals surface area contributed by atoms with Gasteiger partial charge in [-0.25, -0.2) is 4.39 Å². The van der Waals surface area contributed by atoms with Crippen molar-refractivity contribution < 1.29 is 14.3 Å². The predicted octanol–water partition coefficient (Wildman–Crippen LogP) is 5.80. The summed E-state index contributed by atoms with van der Waals surface area (Å²) in [7, 11) is 0. The van der Waals surface area contributed by atoms with E-state index >= 15 is 0 Å². The maximum Gasteiger partial charge on any atom is 0.253 e. The number of halogens is 2. The van der Waals surface area contributed by atoms with Crippen LogP contribution in [-0.2, 0) is 0 Å². The molecule has 1 aliphatic carbocycles.